The number of hydrogen-bond acceptors (Lipinski definition) is 0. The summed E-state index contributed by atoms with van der Waals surface area (Å²) in [5, 5.41) is 0. The van der Waals surface area contributed by atoms with Crippen molar-refractivity contribution in [1.82, 2.24) is 0 Å². The van der Waals surface area contributed by atoms with Crippen LogP contribution in [0.4, 0.5) is 4.39 Å². The second-order valence-electron chi connectivity index (χ2n) is 1.86. The van der Waals surface area contributed by atoms with E-state index in [1.54, 1.807) is 12.1 Å². The quantitative estimate of drug-likeness (QED) is 0.695. The molecule has 1 rings (SSSR count). The van der Waals surface area contributed by atoms with Crippen molar-refractivity contribution in [2.45, 2.75) is 0 Å². The van der Waals surface area contributed by atoms with Crippen LogP contribution < -0.4 is 3.61 Å². The number of halogens is 4. The van der Waals surface area contributed by atoms with Crippen molar-refractivity contribution in [3.63, 3.8) is 0 Å². The van der Waals surface area contributed by atoms with Crippen molar-refractivity contribution in [2.75, 3.05) is 0 Å². The van der Waals surface area contributed by atoms with Gasteiger partial charge in [0.05, 0.1) is 0 Å². The molecule has 11 heavy (non-hydrogen) atoms. The molecule has 1 aromatic rings. The molecule has 0 atom stereocenters. The fourth-order valence-electron chi connectivity index (χ4n) is 0.611. The summed E-state index contributed by atoms with van der Waals surface area (Å²) in [4.78, 5) is 0. The van der Waals surface area contributed by atoms with Gasteiger partial charge in [0, 0.05) is 0 Å². The molecule has 0 bridgehead atoms. The monoisotopic (exact) mass is 330 g/mol. The molecule has 0 aliphatic heterocycles. The Hall–Kier alpha value is 0.810. The van der Waals surface area contributed by atoms with E-state index in [-0.39, 0.29) is 5.82 Å². The second-order valence-corrected chi connectivity index (χ2v) is 18.0. The van der Waals surface area contributed by atoms with Crippen LogP contribution in [-0.2, 0) is 0 Å². The minimum absolute atomic E-state index is 0.361. The third-order valence-electron chi connectivity index (χ3n) is 1.06. The van der Waals surface area contributed by atoms with Gasteiger partial charge in [0.25, 0.3) is 0 Å². The van der Waals surface area contributed by atoms with E-state index in [0.717, 1.165) is 0 Å². The molecular formula is C6H4Cl3FTe. The van der Waals surface area contributed by atoms with Gasteiger partial charge in [-0.2, -0.15) is 0 Å². The molecule has 0 aromatic heterocycles. The van der Waals surface area contributed by atoms with Gasteiger partial charge in [-0.05, 0) is 0 Å². The van der Waals surface area contributed by atoms with Crippen LogP contribution in [0.2, 0.25) is 0 Å². The van der Waals surface area contributed by atoms with Gasteiger partial charge in [-0.15, -0.1) is 0 Å². The van der Waals surface area contributed by atoms with Crippen LogP contribution in [-0.4, -0.2) is 14.8 Å². The van der Waals surface area contributed by atoms with E-state index in [2.05, 4.69) is 0 Å². The average Bonchev–Trinajstić information content (AvgIpc) is 1.86. The fraction of sp³-hybridized carbons (Fsp3) is 0. The van der Waals surface area contributed by atoms with E-state index in [1.165, 1.54) is 12.1 Å². The molecular weight excluding hydrogens is 325 g/mol. The van der Waals surface area contributed by atoms with Gasteiger partial charge >= 0.3 is 79.8 Å². The first-order chi connectivity index (χ1) is 5.00. The topological polar surface area (TPSA) is 0 Å². The number of hydrogen-bond donors (Lipinski definition) is 0. The Morgan fingerprint density at radius 2 is 1.82 bits per heavy atom. The Balaban J connectivity index is 3.06. The molecule has 0 nitrogen and oxygen atoms in total. The SMILES string of the molecule is Fc1cccc([Te](Cl)(Cl)Cl)c1. The van der Waals surface area contributed by atoms with Gasteiger partial charge in [-0.3, -0.25) is 0 Å². The van der Waals surface area contributed by atoms with E-state index in [4.69, 9.17) is 26.9 Å². The zero-order valence-electron chi connectivity index (χ0n) is 5.23. The molecule has 62 valence electrons. The Bertz CT molecular complexity index is 258. The number of rotatable bonds is 1. The Kier molecular flexibility index (Phi) is 3.31. The molecule has 0 spiro atoms. The van der Waals surface area contributed by atoms with E-state index < -0.39 is 14.8 Å². The van der Waals surface area contributed by atoms with Gasteiger partial charge in [0.1, 0.15) is 0 Å². The average molecular weight is 329 g/mol. The summed E-state index contributed by atoms with van der Waals surface area (Å²) in [5.41, 5.74) is 0. The van der Waals surface area contributed by atoms with Crippen molar-refractivity contribution in [2.24, 2.45) is 0 Å². The summed E-state index contributed by atoms with van der Waals surface area (Å²) in [6.45, 7) is 0. The molecule has 0 unspecified atom stereocenters. The summed E-state index contributed by atoms with van der Waals surface area (Å²) in [6, 6.07) is 5.77. The molecule has 0 amide bonds. The number of benzene rings is 1. The maximum absolute atomic E-state index is 12.6. The van der Waals surface area contributed by atoms with E-state index >= 15 is 0 Å². The van der Waals surface area contributed by atoms with Crippen molar-refractivity contribution < 1.29 is 4.39 Å². The van der Waals surface area contributed by atoms with E-state index in [0.29, 0.717) is 3.61 Å². The molecule has 0 fully saturated rings. The summed E-state index contributed by atoms with van der Waals surface area (Å²) >= 11 is -3.38. The molecule has 0 aliphatic rings. The first-order valence-electron chi connectivity index (χ1n) is 2.68. The molecule has 0 aliphatic carbocycles. The first kappa shape index (κ1) is 9.89. The van der Waals surface area contributed by atoms with Gasteiger partial charge in [0.15, 0.2) is 0 Å². The zero-order valence-corrected chi connectivity index (χ0v) is 9.83. The van der Waals surface area contributed by atoms with Gasteiger partial charge < -0.3 is 0 Å². The molecule has 0 radical (unpaired) electrons. The van der Waals surface area contributed by atoms with Crippen LogP contribution in [0.25, 0.3) is 0 Å². The summed E-state index contributed by atoms with van der Waals surface area (Å²) in [5.74, 6) is -0.361. The zero-order chi connectivity index (χ0) is 8.48. The standard InChI is InChI=1S/C6H4Cl3FTe/c7-11(8,9)6-3-1-2-5(10)4-6/h1-4H. The van der Waals surface area contributed by atoms with Gasteiger partial charge in [0.2, 0.25) is 0 Å². The molecule has 5 heteroatoms. The van der Waals surface area contributed by atoms with Crippen LogP contribution in [0.3, 0.4) is 0 Å². The van der Waals surface area contributed by atoms with Crippen LogP contribution in [0.5, 0.6) is 0 Å². The third-order valence-corrected chi connectivity index (χ3v) is 6.90. The van der Waals surface area contributed by atoms with Gasteiger partial charge in [-0.25, -0.2) is 0 Å². The van der Waals surface area contributed by atoms with Crippen molar-refractivity contribution in [3.05, 3.63) is 30.1 Å². The summed E-state index contributed by atoms with van der Waals surface area (Å²) in [7, 11) is 17.1. The third kappa shape index (κ3) is 2.97. The Labute approximate surface area is 79.3 Å². The van der Waals surface area contributed by atoms with Crippen LogP contribution in [0, 0.1) is 5.82 Å². The van der Waals surface area contributed by atoms with E-state index in [1.807, 2.05) is 0 Å². The maximum atomic E-state index is 12.6. The Morgan fingerprint density at radius 3 is 2.18 bits per heavy atom. The fourth-order valence-corrected chi connectivity index (χ4v) is 3.91. The van der Waals surface area contributed by atoms with Crippen molar-refractivity contribution in [1.29, 1.82) is 0 Å². The predicted octanol–water partition coefficient (Wildman–Crippen LogP) is 2.69. The van der Waals surface area contributed by atoms with Crippen LogP contribution in [0.15, 0.2) is 24.3 Å². The molecule has 0 heterocycles. The molecule has 1 aromatic carbocycles. The van der Waals surface area contributed by atoms with Crippen LogP contribution >= 0.6 is 26.9 Å². The molecule has 0 saturated carbocycles. The second kappa shape index (κ2) is 3.68. The van der Waals surface area contributed by atoms with Crippen molar-refractivity contribution in [3.8, 4) is 0 Å². The van der Waals surface area contributed by atoms with Crippen molar-refractivity contribution >= 4 is 45.3 Å². The predicted molar refractivity (Wildman–Crippen MR) is 49.3 cm³/mol. The van der Waals surface area contributed by atoms with Gasteiger partial charge in [-0.1, -0.05) is 0 Å². The summed E-state index contributed by atoms with van der Waals surface area (Å²) in [6.07, 6.45) is 0. The van der Waals surface area contributed by atoms with E-state index in [9.17, 15) is 4.39 Å². The minimum atomic E-state index is -3.38. The summed E-state index contributed by atoms with van der Waals surface area (Å²) < 4.78 is 13.1. The van der Waals surface area contributed by atoms with Crippen LogP contribution in [0.1, 0.15) is 0 Å². The molecule has 0 saturated heterocycles. The molecule has 0 N–H and O–H groups in total. The first-order valence-corrected chi connectivity index (χ1v) is 12.7. The Morgan fingerprint density at radius 1 is 1.18 bits per heavy atom. The normalized spacial score (nSPS) is 13.1.